The summed E-state index contributed by atoms with van der Waals surface area (Å²) in [5.74, 6) is -1.34. The Bertz CT molecular complexity index is 892. The average molecular weight is 398 g/mol. The van der Waals surface area contributed by atoms with Crippen molar-refractivity contribution in [2.45, 2.75) is 6.42 Å². The molecule has 1 atom stereocenters. The second-order valence-corrected chi connectivity index (χ2v) is 6.63. The molecule has 2 amide bonds. The summed E-state index contributed by atoms with van der Waals surface area (Å²) < 4.78 is 10.5. The van der Waals surface area contributed by atoms with E-state index in [4.69, 9.17) is 9.47 Å². The van der Waals surface area contributed by atoms with E-state index < -0.39 is 24.3 Å². The normalized spacial score (nSPS) is 15.9. The van der Waals surface area contributed by atoms with Crippen molar-refractivity contribution in [1.29, 1.82) is 0 Å². The lowest BCUT2D eigenvalue weighted by Crippen LogP contribution is -2.40. The quantitative estimate of drug-likeness (QED) is 0.768. The summed E-state index contributed by atoms with van der Waals surface area (Å²) in [6, 6.07) is 13.7. The molecule has 2 aromatic rings. The SMILES string of the molecule is COc1cc(OC)cc(N2CC(C(=O)N(CC(=O)O)c3ccccc3)CC2=O)c1. The largest absolute Gasteiger partial charge is 0.497 e. The Labute approximate surface area is 168 Å². The molecule has 1 heterocycles. The number of para-hydroxylation sites is 1. The molecule has 0 spiro atoms. The van der Waals surface area contributed by atoms with Crippen LogP contribution < -0.4 is 19.3 Å². The van der Waals surface area contributed by atoms with Crippen LogP contribution in [0.5, 0.6) is 11.5 Å². The van der Waals surface area contributed by atoms with Gasteiger partial charge >= 0.3 is 5.97 Å². The number of carbonyl (C=O) groups excluding carboxylic acids is 2. The molecule has 0 radical (unpaired) electrons. The van der Waals surface area contributed by atoms with E-state index in [1.165, 1.54) is 24.0 Å². The second kappa shape index (κ2) is 8.64. The zero-order valence-corrected chi connectivity index (χ0v) is 16.2. The predicted octanol–water partition coefficient (Wildman–Crippen LogP) is 2.17. The number of carbonyl (C=O) groups is 3. The van der Waals surface area contributed by atoms with Crippen LogP contribution >= 0.6 is 0 Å². The van der Waals surface area contributed by atoms with Gasteiger partial charge in [0.25, 0.3) is 0 Å². The molecule has 8 heteroatoms. The van der Waals surface area contributed by atoms with E-state index >= 15 is 0 Å². The van der Waals surface area contributed by atoms with Gasteiger partial charge in [0.05, 0.1) is 25.8 Å². The van der Waals surface area contributed by atoms with Crippen LogP contribution in [0.25, 0.3) is 0 Å². The zero-order valence-electron chi connectivity index (χ0n) is 16.2. The molecule has 1 saturated heterocycles. The third kappa shape index (κ3) is 4.48. The highest BCUT2D eigenvalue weighted by atomic mass is 16.5. The summed E-state index contributed by atoms with van der Waals surface area (Å²) in [5.41, 5.74) is 1.04. The number of methoxy groups -OCH3 is 2. The molecule has 152 valence electrons. The van der Waals surface area contributed by atoms with Crippen molar-refractivity contribution in [2.24, 2.45) is 5.92 Å². The van der Waals surface area contributed by atoms with Gasteiger partial charge in [-0.25, -0.2) is 0 Å². The molecule has 0 saturated carbocycles. The van der Waals surface area contributed by atoms with Crippen LogP contribution in [0.2, 0.25) is 0 Å². The van der Waals surface area contributed by atoms with Gasteiger partial charge in [0, 0.05) is 36.9 Å². The maximum Gasteiger partial charge on any atom is 0.323 e. The lowest BCUT2D eigenvalue weighted by Gasteiger charge is -2.24. The van der Waals surface area contributed by atoms with Crippen LogP contribution in [0.15, 0.2) is 48.5 Å². The van der Waals surface area contributed by atoms with E-state index in [0.717, 1.165) is 0 Å². The number of carboxylic acid groups (broad SMARTS) is 1. The number of benzene rings is 2. The number of rotatable bonds is 7. The van der Waals surface area contributed by atoms with E-state index in [-0.39, 0.29) is 18.9 Å². The van der Waals surface area contributed by atoms with E-state index in [2.05, 4.69) is 0 Å². The molecule has 1 N–H and O–H groups in total. The molecule has 0 aromatic heterocycles. The molecule has 1 aliphatic heterocycles. The monoisotopic (exact) mass is 398 g/mol. The first-order valence-electron chi connectivity index (χ1n) is 9.04. The summed E-state index contributed by atoms with van der Waals surface area (Å²) in [6.07, 6.45) is 0.00130. The summed E-state index contributed by atoms with van der Waals surface area (Å²) in [4.78, 5) is 39.7. The van der Waals surface area contributed by atoms with Gasteiger partial charge in [-0.1, -0.05) is 18.2 Å². The molecular formula is C21H22N2O6. The Kier molecular flexibility index (Phi) is 6.01. The highest BCUT2D eigenvalue weighted by molar-refractivity contribution is 6.06. The highest BCUT2D eigenvalue weighted by Crippen LogP contribution is 2.33. The van der Waals surface area contributed by atoms with Gasteiger partial charge in [-0.15, -0.1) is 0 Å². The Morgan fingerprint density at radius 2 is 1.72 bits per heavy atom. The molecule has 1 fully saturated rings. The molecule has 3 rings (SSSR count). The summed E-state index contributed by atoms with van der Waals surface area (Å²) >= 11 is 0. The minimum atomic E-state index is -1.12. The van der Waals surface area contributed by atoms with Crippen LogP contribution in [0.1, 0.15) is 6.42 Å². The minimum absolute atomic E-state index is 0.00130. The highest BCUT2D eigenvalue weighted by Gasteiger charge is 2.38. The van der Waals surface area contributed by atoms with Gasteiger partial charge in [-0.3, -0.25) is 14.4 Å². The number of anilines is 2. The van der Waals surface area contributed by atoms with E-state index in [1.807, 2.05) is 0 Å². The first-order valence-corrected chi connectivity index (χ1v) is 9.04. The van der Waals surface area contributed by atoms with E-state index in [1.54, 1.807) is 48.5 Å². The van der Waals surface area contributed by atoms with Gasteiger partial charge in [0.1, 0.15) is 18.0 Å². The van der Waals surface area contributed by atoms with Gasteiger partial charge in [0.2, 0.25) is 11.8 Å². The van der Waals surface area contributed by atoms with Crippen LogP contribution in [0, 0.1) is 5.92 Å². The van der Waals surface area contributed by atoms with E-state index in [0.29, 0.717) is 22.9 Å². The molecular weight excluding hydrogens is 376 g/mol. The first-order chi connectivity index (χ1) is 13.9. The number of hydrogen-bond acceptors (Lipinski definition) is 5. The molecule has 29 heavy (non-hydrogen) atoms. The van der Waals surface area contributed by atoms with Crippen molar-refractivity contribution in [3.63, 3.8) is 0 Å². The Morgan fingerprint density at radius 3 is 2.28 bits per heavy atom. The molecule has 1 aliphatic rings. The fraction of sp³-hybridized carbons (Fsp3) is 0.286. The minimum Gasteiger partial charge on any atom is -0.497 e. The Morgan fingerprint density at radius 1 is 1.10 bits per heavy atom. The van der Waals surface area contributed by atoms with Crippen LogP contribution in [0.4, 0.5) is 11.4 Å². The predicted molar refractivity (Wildman–Crippen MR) is 106 cm³/mol. The first kappa shape index (κ1) is 20.2. The van der Waals surface area contributed by atoms with Crippen molar-refractivity contribution in [1.82, 2.24) is 0 Å². The molecule has 8 nitrogen and oxygen atoms in total. The second-order valence-electron chi connectivity index (χ2n) is 6.63. The zero-order chi connectivity index (χ0) is 21.0. The number of nitrogens with zero attached hydrogens (tertiary/aromatic N) is 2. The van der Waals surface area contributed by atoms with Gasteiger partial charge in [-0.2, -0.15) is 0 Å². The standard InChI is InChI=1S/C21H22N2O6/c1-28-17-9-16(10-18(11-17)29-2)22-12-14(8-19(22)24)21(27)23(13-20(25)26)15-6-4-3-5-7-15/h3-7,9-11,14H,8,12-13H2,1-2H3,(H,25,26). The van der Waals surface area contributed by atoms with Crippen LogP contribution in [-0.4, -0.2) is 50.2 Å². The fourth-order valence-electron chi connectivity index (χ4n) is 3.33. The number of amides is 2. The van der Waals surface area contributed by atoms with Crippen molar-refractivity contribution in [3.05, 3.63) is 48.5 Å². The lowest BCUT2D eigenvalue weighted by atomic mass is 10.1. The summed E-state index contributed by atoms with van der Waals surface area (Å²) in [5, 5.41) is 9.24. The fourth-order valence-corrected chi connectivity index (χ4v) is 3.33. The van der Waals surface area contributed by atoms with Crippen molar-refractivity contribution >= 4 is 29.2 Å². The number of aliphatic carboxylic acids is 1. The number of carboxylic acids is 1. The van der Waals surface area contributed by atoms with Crippen LogP contribution in [0.3, 0.4) is 0 Å². The number of ether oxygens (including phenoxy) is 2. The maximum atomic E-state index is 13.1. The van der Waals surface area contributed by atoms with E-state index in [9.17, 15) is 19.5 Å². The van der Waals surface area contributed by atoms with Crippen LogP contribution in [-0.2, 0) is 14.4 Å². The summed E-state index contributed by atoms with van der Waals surface area (Å²) in [6.45, 7) is -0.322. The Balaban J connectivity index is 1.85. The van der Waals surface area contributed by atoms with Gasteiger partial charge < -0.3 is 24.4 Å². The molecule has 2 aromatic carbocycles. The number of hydrogen-bond donors (Lipinski definition) is 1. The van der Waals surface area contributed by atoms with Crippen molar-refractivity contribution < 1.29 is 29.0 Å². The van der Waals surface area contributed by atoms with Gasteiger partial charge in [0.15, 0.2) is 0 Å². The third-order valence-electron chi connectivity index (χ3n) is 4.75. The molecule has 1 unspecified atom stereocenters. The topological polar surface area (TPSA) is 96.4 Å². The summed E-state index contributed by atoms with van der Waals surface area (Å²) in [7, 11) is 3.03. The Hall–Kier alpha value is -3.55. The van der Waals surface area contributed by atoms with Crippen molar-refractivity contribution in [3.8, 4) is 11.5 Å². The molecule has 0 aliphatic carbocycles. The maximum absolute atomic E-state index is 13.1. The lowest BCUT2D eigenvalue weighted by molar-refractivity contribution is -0.137. The smallest absolute Gasteiger partial charge is 0.323 e. The molecule has 0 bridgehead atoms. The average Bonchev–Trinajstić information content (AvgIpc) is 3.13. The van der Waals surface area contributed by atoms with Crippen molar-refractivity contribution in [2.75, 3.05) is 37.1 Å². The third-order valence-corrected chi connectivity index (χ3v) is 4.75. The van der Waals surface area contributed by atoms with Gasteiger partial charge in [-0.05, 0) is 12.1 Å².